The molecule has 2 unspecified atom stereocenters. The zero-order valence-corrected chi connectivity index (χ0v) is 12.9. The van der Waals surface area contributed by atoms with Crippen LogP contribution in [0.1, 0.15) is 53.4 Å². The van der Waals surface area contributed by atoms with E-state index in [4.69, 9.17) is 27.4 Å². The quantitative estimate of drug-likeness (QED) is 0.597. The lowest BCUT2D eigenvalue weighted by Gasteiger charge is -2.32. The fraction of sp³-hybridized carbons (Fsp3) is 0.929. The maximum atomic E-state index is 5.93. The highest BCUT2D eigenvalue weighted by molar-refractivity contribution is 7.80. The first kappa shape index (κ1) is 15.9. The van der Waals surface area contributed by atoms with E-state index in [0.717, 1.165) is 32.3 Å². The summed E-state index contributed by atoms with van der Waals surface area (Å²) in [6, 6.07) is 0. The highest BCUT2D eigenvalue weighted by Crippen LogP contribution is 2.24. The van der Waals surface area contributed by atoms with Gasteiger partial charge >= 0.3 is 0 Å². The van der Waals surface area contributed by atoms with Crippen molar-refractivity contribution < 1.29 is 9.47 Å². The first-order valence-corrected chi connectivity index (χ1v) is 7.29. The number of nitrogens with two attached hydrogens (primary N) is 1. The van der Waals surface area contributed by atoms with Crippen LogP contribution in [0.15, 0.2) is 0 Å². The van der Waals surface area contributed by atoms with Crippen molar-refractivity contribution in [1.29, 1.82) is 0 Å². The standard InChI is InChI=1S/C14H27NO2S/c1-10-8-12(9-11(2)17-10)16-7-5-6-14(3,4)13(15)18/h10-12H,5-9H2,1-4H3,(H2,15,18). The van der Waals surface area contributed by atoms with Crippen LogP contribution in [0.2, 0.25) is 0 Å². The van der Waals surface area contributed by atoms with Crippen molar-refractivity contribution in [2.24, 2.45) is 11.1 Å². The Morgan fingerprint density at radius 2 is 1.89 bits per heavy atom. The number of hydrogen-bond acceptors (Lipinski definition) is 3. The molecular formula is C14H27NO2S. The smallest absolute Gasteiger partial charge is 0.0784 e. The molecule has 0 bridgehead atoms. The average Bonchev–Trinajstić information content (AvgIpc) is 2.23. The van der Waals surface area contributed by atoms with Crippen LogP contribution in [0.5, 0.6) is 0 Å². The van der Waals surface area contributed by atoms with Gasteiger partial charge < -0.3 is 15.2 Å². The second kappa shape index (κ2) is 6.83. The highest BCUT2D eigenvalue weighted by atomic mass is 32.1. The largest absolute Gasteiger partial charge is 0.393 e. The molecule has 0 aromatic heterocycles. The van der Waals surface area contributed by atoms with Crippen molar-refractivity contribution in [1.82, 2.24) is 0 Å². The molecule has 1 aliphatic rings. The van der Waals surface area contributed by atoms with Gasteiger partial charge in [-0.15, -0.1) is 0 Å². The number of ether oxygens (including phenoxy) is 2. The molecule has 0 aliphatic carbocycles. The predicted octanol–water partition coefficient (Wildman–Crippen LogP) is 3.05. The molecule has 0 radical (unpaired) electrons. The summed E-state index contributed by atoms with van der Waals surface area (Å²) >= 11 is 5.06. The first-order valence-electron chi connectivity index (χ1n) is 6.88. The summed E-state index contributed by atoms with van der Waals surface area (Å²) in [5.41, 5.74) is 5.65. The maximum absolute atomic E-state index is 5.93. The number of hydrogen-bond donors (Lipinski definition) is 1. The van der Waals surface area contributed by atoms with Crippen LogP contribution < -0.4 is 5.73 Å². The van der Waals surface area contributed by atoms with E-state index >= 15 is 0 Å². The molecule has 2 N–H and O–H groups in total. The summed E-state index contributed by atoms with van der Waals surface area (Å²) in [6.07, 6.45) is 4.96. The van der Waals surface area contributed by atoms with Crippen molar-refractivity contribution in [3.05, 3.63) is 0 Å². The molecule has 0 aromatic rings. The van der Waals surface area contributed by atoms with Gasteiger partial charge in [-0.3, -0.25) is 0 Å². The third-order valence-electron chi connectivity index (χ3n) is 3.62. The van der Waals surface area contributed by atoms with Crippen LogP contribution >= 0.6 is 12.2 Å². The third-order valence-corrected chi connectivity index (χ3v) is 4.17. The Hall–Kier alpha value is -0.190. The predicted molar refractivity (Wildman–Crippen MR) is 78.8 cm³/mol. The summed E-state index contributed by atoms with van der Waals surface area (Å²) in [5, 5.41) is 0. The van der Waals surface area contributed by atoms with Gasteiger partial charge in [0.15, 0.2) is 0 Å². The minimum absolute atomic E-state index is 0.0606. The van der Waals surface area contributed by atoms with Crippen LogP contribution in [0.3, 0.4) is 0 Å². The fourth-order valence-electron chi connectivity index (χ4n) is 2.37. The molecule has 1 rings (SSSR count). The van der Waals surface area contributed by atoms with Gasteiger partial charge in [-0.25, -0.2) is 0 Å². The molecule has 1 fully saturated rings. The third kappa shape index (κ3) is 5.21. The average molecular weight is 273 g/mol. The lowest BCUT2D eigenvalue weighted by molar-refractivity contribution is -0.102. The van der Waals surface area contributed by atoms with E-state index in [-0.39, 0.29) is 5.41 Å². The molecule has 4 heteroatoms. The molecule has 1 aliphatic heterocycles. The molecule has 0 amide bonds. The molecule has 18 heavy (non-hydrogen) atoms. The molecular weight excluding hydrogens is 246 g/mol. The first-order chi connectivity index (χ1) is 8.31. The van der Waals surface area contributed by atoms with Gasteiger partial charge in [-0.2, -0.15) is 0 Å². The SMILES string of the molecule is CC1CC(OCCCC(C)(C)C(N)=S)CC(C)O1. The summed E-state index contributed by atoms with van der Waals surface area (Å²) < 4.78 is 11.6. The van der Waals surface area contributed by atoms with Crippen LogP contribution in [0, 0.1) is 5.41 Å². The van der Waals surface area contributed by atoms with Gasteiger partial charge in [0.2, 0.25) is 0 Å². The monoisotopic (exact) mass is 273 g/mol. The van der Waals surface area contributed by atoms with Gasteiger partial charge in [-0.05, 0) is 39.5 Å². The minimum Gasteiger partial charge on any atom is -0.393 e. The van der Waals surface area contributed by atoms with E-state index in [1.165, 1.54) is 0 Å². The Labute approximate surface area is 116 Å². The summed E-state index contributed by atoms with van der Waals surface area (Å²) in [5.74, 6) is 0. The van der Waals surface area contributed by atoms with Crippen LogP contribution in [0.4, 0.5) is 0 Å². The second-order valence-corrected chi connectivity index (χ2v) is 6.51. The molecule has 0 aromatic carbocycles. The maximum Gasteiger partial charge on any atom is 0.0784 e. The molecule has 0 saturated carbocycles. The Bertz CT molecular complexity index is 271. The van der Waals surface area contributed by atoms with E-state index < -0.39 is 0 Å². The molecule has 1 saturated heterocycles. The van der Waals surface area contributed by atoms with Crippen molar-refractivity contribution in [2.45, 2.75) is 71.7 Å². The molecule has 1 heterocycles. The molecule has 2 atom stereocenters. The minimum atomic E-state index is -0.0606. The Morgan fingerprint density at radius 1 is 1.33 bits per heavy atom. The Balaban J connectivity index is 2.20. The summed E-state index contributed by atoms with van der Waals surface area (Å²) in [4.78, 5) is 0.593. The van der Waals surface area contributed by atoms with E-state index in [2.05, 4.69) is 27.7 Å². The lowest BCUT2D eigenvalue weighted by Crippen LogP contribution is -2.34. The van der Waals surface area contributed by atoms with E-state index in [1.807, 2.05) is 0 Å². The number of rotatable bonds is 6. The van der Waals surface area contributed by atoms with Crippen LogP contribution in [-0.4, -0.2) is 29.9 Å². The lowest BCUT2D eigenvalue weighted by atomic mass is 9.88. The van der Waals surface area contributed by atoms with Crippen molar-refractivity contribution in [2.75, 3.05) is 6.61 Å². The van der Waals surface area contributed by atoms with Crippen molar-refractivity contribution in [3.8, 4) is 0 Å². The van der Waals surface area contributed by atoms with Gasteiger partial charge in [0.25, 0.3) is 0 Å². The second-order valence-electron chi connectivity index (χ2n) is 6.07. The summed E-state index contributed by atoms with van der Waals surface area (Å²) in [6.45, 7) is 9.20. The van der Waals surface area contributed by atoms with Gasteiger partial charge in [0.1, 0.15) is 0 Å². The Morgan fingerprint density at radius 3 is 2.39 bits per heavy atom. The van der Waals surface area contributed by atoms with Crippen molar-refractivity contribution >= 4 is 17.2 Å². The van der Waals surface area contributed by atoms with Gasteiger partial charge in [0.05, 0.1) is 23.3 Å². The Kier molecular flexibility index (Phi) is 6.02. The van der Waals surface area contributed by atoms with Crippen LogP contribution in [0.25, 0.3) is 0 Å². The van der Waals surface area contributed by atoms with Gasteiger partial charge in [-0.1, -0.05) is 26.1 Å². The fourth-order valence-corrected chi connectivity index (χ4v) is 2.47. The van der Waals surface area contributed by atoms with E-state index in [1.54, 1.807) is 0 Å². The molecule has 0 spiro atoms. The molecule has 3 nitrogen and oxygen atoms in total. The molecule has 106 valence electrons. The highest BCUT2D eigenvalue weighted by Gasteiger charge is 2.25. The van der Waals surface area contributed by atoms with Crippen LogP contribution in [-0.2, 0) is 9.47 Å². The van der Waals surface area contributed by atoms with Crippen molar-refractivity contribution in [3.63, 3.8) is 0 Å². The topological polar surface area (TPSA) is 44.5 Å². The zero-order chi connectivity index (χ0) is 13.8. The normalized spacial score (nSPS) is 29.2. The summed E-state index contributed by atoms with van der Waals surface area (Å²) in [7, 11) is 0. The number of thiocarbonyl (C=S) groups is 1. The zero-order valence-electron chi connectivity index (χ0n) is 12.1. The van der Waals surface area contributed by atoms with E-state index in [0.29, 0.717) is 23.3 Å². The van der Waals surface area contributed by atoms with Gasteiger partial charge in [0, 0.05) is 12.0 Å². The van der Waals surface area contributed by atoms with E-state index in [9.17, 15) is 0 Å².